The highest BCUT2D eigenvalue weighted by atomic mass is 32.2. The van der Waals surface area contributed by atoms with Crippen molar-refractivity contribution in [1.29, 1.82) is 0 Å². The third-order valence-corrected chi connectivity index (χ3v) is 4.96. The maximum atomic E-state index is 12.4. The molecule has 0 aliphatic carbocycles. The quantitative estimate of drug-likeness (QED) is 0.663. The van der Waals surface area contributed by atoms with Crippen LogP contribution < -0.4 is 5.32 Å². The first-order chi connectivity index (χ1) is 9.09. The maximum absolute atomic E-state index is 12.4. The second-order valence-electron chi connectivity index (χ2n) is 5.71. The summed E-state index contributed by atoms with van der Waals surface area (Å²) in [6.07, 6.45) is 0. The van der Waals surface area contributed by atoms with E-state index < -0.39 is 14.8 Å². The standard InChI is InChI=1S/C13H20N2O4S/c1-13(2,3)12(14-4)9-20(18,19)11-8-6-5-7-10(11)15(16)17/h5-8,12,14H,9H2,1-4H3. The highest BCUT2D eigenvalue weighted by Gasteiger charge is 2.32. The summed E-state index contributed by atoms with van der Waals surface area (Å²) in [4.78, 5) is 10.1. The molecule has 1 aromatic carbocycles. The van der Waals surface area contributed by atoms with E-state index in [1.165, 1.54) is 24.3 Å². The molecule has 0 saturated carbocycles. The van der Waals surface area contributed by atoms with E-state index in [-0.39, 0.29) is 27.8 Å². The third-order valence-electron chi connectivity index (χ3n) is 3.18. The molecule has 1 atom stereocenters. The number of nitrogens with zero attached hydrogens (tertiary/aromatic N) is 1. The molecule has 0 amide bonds. The Labute approximate surface area is 119 Å². The molecular formula is C13H20N2O4S. The number of nitro groups is 1. The van der Waals surface area contributed by atoms with E-state index in [2.05, 4.69) is 5.32 Å². The molecule has 0 aliphatic heterocycles. The molecule has 20 heavy (non-hydrogen) atoms. The normalized spacial score (nSPS) is 14.0. The summed E-state index contributed by atoms with van der Waals surface area (Å²) in [7, 11) is -2.05. The Morgan fingerprint density at radius 2 is 1.85 bits per heavy atom. The van der Waals surface area contributed by atoms with Crippen LogP contribution in [0.2, 0.25) is 0 Å². The van der Waals surface area contributed by atoms with Crippen LogP contribution in [0.4, 0.5) is 5.69 Å². The van der Waals surface area contributed by atoms with Gasteiger partial charge in [0.15, 0.2) is 9.84 Å². The van der Waals surface area contributed by atoms with E-state index >= 15 is 0 Å². The van der Waals surface area contributed by atoms with E-state index in [9.17, 15) is 18.5 Å². The molecule has 1 unspecified atom stereocenters. The molecule has 1 N–H and O–H groups in total. The highest BCUT2D eigenvalue weighted by molar-refractivity contribution is 7.91. The molecule has 0 spiro atoms. The molecule has 7 heteroatoms. The van der Waals surface area contributed by atoms with Gasteiger partial charge in [0.2, 0.25) is 0 Å². The highest BCUT2D eigenvalue weighted by Crippen LogP contribution is 2.27. The van der Waals surface area contributed by atoms with Crippen molar-refractivity contribution in [2.24, 2.45) is 5.41 Å². The Kier molecular flexibility index (Phi) is 4.88. The fourth-order valence-corrected chi connectivity index (χ4v) is 3.98. The Morgan fingerprint density at radius 1 is 1.30 bits per heavy atom. The SMILES string of the molecule is CNC(CS(=O)(=O)c1ccccc1[N+](=O)[O-])C(C)(C)C. The van der Waals surface area contributed by atoms with Crippen molar-refractivity contribution in [3.63, 3.8) is 0 Å². The lowest BCUT2D eigenvalue weighted by molar-refractivity contribution is -0.387. The van der Waals surface area contributed by atoms with Gasteiger partial charge in [-0.2, -0.15) is 0 Å². The predicted octanol–water partition coefficient (Wildman–Crippen LogP) is 2.00. The summed E-state index contributed by atoms with van der Waals surface area (Å²) in [5, 5.41) is 13.9. The smallest absolute Gasteiger partial charge is 0.287 e. The van der Waals surface area contributed by atoms with Gasteiger partial charge >= 0.3 is 0 Å². The fourth-order valence-electron chi connectivity index (χ4n) is 1.95. The number of rotatable bonds is 5. The molecule has 0 aliphatic rings. The molecule has 0 saturated heterocycles. The van der Waals surface area contributed by atoms with Crippen LogP contribution in [0.25, 0.3) is 0 Å². The number of sulfone groups is 1. The first-order valence-corrected chi connectivity index (χ1v) is 7.88. The van der Waals surface area contributed by atoms with E-state index in [1.54, 1.807) is 7.05 Å². The van der Waals surface area contributed by atoms with Crippen LogP contribution in [0, 0.1) is 15.5 Å². The maximum Gasteiger partial charge on any atom is 0.287 e. The van der Waals surface area contributed by atoms with Crippen molar-refractivity contribution in [2.75, 3.05) is 12.8 Å². The Bertz CT molecular complexity index is 591. The number of nitrogens with one attached hydrogen (secondary N) is 1. The van der Waals surface area contributed by atoms with E-state index in [0.29, 0.717) is 0 Å². The van der Waals surface area contributed by atoms with Crippen molar-refractivity contribution in [2.45, 2.75) is 31.7 Å². The van der Waals surface area contributed by atoms with Gasteiger partial charge in [0.25, 0.3) is 5.69 Å². The summed E-state index contributed by atoms with van der Waals surface area (Å²) in [6, 6.07) is 5.13. The molecule has 1 rings (SSSR count). The zero-order valence-electron chi connectivity index (χ0n) is 12.1. The molecule has 1 aromatic rings. The molecule has 0 heterocycles. The second-order valence-corrected chi connectivity index (χ2v) is 7.72. The van der Waals surface area contributed by atoms with Gasteiger partial charge in [-0.05, 0) is 18.5 Å². The first kappa shape index (κ1) is 16.6. The monoisotopic (exact) mass is 300 g/mol. The Hall–Kier alpha value is -1.47. The average molecular weight is 300 g/mol. The fraction of sp³-hybridized carbons (Fsp3) is 0.538. The van der Waals surface area contributed by atoms with Gasteiger partial charge in [-0.25, -0.2) is 8.42 Å². The van der Waals surface area contributed by atoms with Gasteiger partial charge in [0, 0.05) is 12.1 Å². The largest absolute Gasteiger partial charge is 0.315 e. The van der Waals surface area contributed by atoms with Gasteiger partial charge in [-0.3, -0.25) is 10.1 Å². The van der Waals surface area contributed by atoms with Crippen LogP contribution >= 0.6 is 0 Å². The Balaban J connectivity index is 3.22. The second kappa shape index (κ2) is 5.88. The topological polar surface area (TPSA) is 89.3 Å². The zero-order chi connectivity index (χ0) is 15.6. The number of para-hydroxylation sites is 1. The van der Waals surface area contributed by atoms with Crippen LogP contribution in [0.1, 0.15) is 20.8 Å². The molecule has 0 radical (unpaired) electrons. The lowest BCUT2D eigenvalue weighted by atomic mass is 9.88. The summed E-state index contributed by atoms with van der Waals surface area (Å²) in [5.74, 6) is -0.183. The minimum absolute atomic E-state index is 0.183. The molecule has 6 nitrogen and oxygen atoms in total. The van der Waals surface area contributed by atoms with Gasteiger partial charge < -0.3 is 5.32 Å². The minimum Gasteiger partial charge on any atom is -0.315 e. The molecule has 0 aromatic heterocycles. The van der Waals surface area contributed by atoms with Gasteiger partial charge in [-0.1, -0.05) is 32.9 Å². The lowest BCUT2D eigenvalue weighted by Gasteiger charge is -2.30. The van der Waals surface area contributed by atoms with Crippen molar-refractivity contribution < 1.29 is 13.3 Å². The molecular weight excluding hydrogens is 280 g/mol. The summed E-state index contributed by atoms with van der Waals surface area (Å²) in [5.41, 5.74) is -0.651. The van der Waals surface area contributed by atoms with E-state index in [1.807, 2.05) is 20.8 Å². The van der Waals surface area contributed by atoms with Crippen molar-refractivity contribution in [1.82, 2.24) is 5.32 Å². The lowest BCUT2D eigenvalue weighted by Crippen LogP contribution is -2.43. The van der Waals surface area contributed by atoms with E-state index in [4.69, 9.17) is 0 Å². The van der Waals surface area contributed by atoms with Crippen molar-refractivity contribution >= 4 is 15.5 Å². The first-order valence-electron chi connectivity index (χ1n) is 6.23. The zero-order valence-corrected chi connectivity index (χ0v) is 12.9. The summed E-state index contributed by atoms with van der Waals surface area (Å²) in [6.45, 7) is 5.76. The van der Waals surface area contributed by atoms with Crippen LogP contribution in [-0.4, -0.2) is 32.2 Å². The van der Waals surface area contributed by atoms with Crippen LogP contribution in [0.15, 0.2) is 29.2 Å². The average Bonchev–Trinajstić information content (AvgIpc) is 2.34. The predicted molar refractivity (Wildman–Crippen MR) is 77.5 cm³/mol. The molecule has 0 bridgehead atoms. The number of hydrogen-bond acceptors (Lipinski definition) is 5. The minimum atomic E-state index is -3.73. The summed E-state index contributed by atoms with van der Waals surface area (Å²) >= 11 is 0. The van der Waals surface area contributed by atoms with Crippen LogP contribution in [0.5, 0.6) is 0 Å². The number of hydrogen-bond donors (Lipinski definition) is 1. The third kappa shape index (κ3) is 3.77. The van der Waals surface area contributed by atoms with Crippen LogP contribution in [0.3, 0.4) is 0 Å². The number of benzene rings is 1. The van der Waals surface area contributed by atoms with Crippen molar-refractivity contribution in [3.05, 3.63) is 34.4 Å². The summed E-state index contributed by atoms with van der Waals surface area (Å²) < 4.78 is 24.9. The van der Waals surface area contributed by atoms with Crippen molar-refractivity contribution in [3.8, 4) is 0 Å². The van der Waals surface area contributed by atoms with Gasteiger partial charge in [0.1, 0.15) is 4.90 Å². The molecule has 112 valence electrons. The van der Waals surface area contributed by atoms with Gasteiger partial charge in [0.05, 0.1) is 10.7 Å². The Morgan fingerprint density at radius 3 is 2.30 bits per heavy atom. The van der Waals surface area contributed by atoms with Crippen LogP contribution in [-0.2, 0) is 9.84 Å². The van der Waals surface area contributed by atoms with E-state index in [0.717, 1.165) is 0 Å². The van der Waals surface area contributed by atoms with Gasteiger partial charge in [-0.15, -0.1) is 0 Å². The molecule has 0 fully saturated rings. The number of nitro benzene ring substituents is 1.